The van der Waals surface area contributed by atoms with E-state index in [-0.39, 0.29) is 19.0 Å². The van der Waals surface area contributed by atoms with Gasteiger partial charge in [0.25, 0.3) is 0 Å². The summed E-state index contributed by atoms with van der Waals surface area (Å²) in [7, 11) is 0. The lowest BCUT2D eigenvalue weighted by Gasteiger charge is -2.01. The molecule has 2 aromatic rings. The average Bonchev–Trinajstić information content (AvgIpc) is 2.93. The van der Waals surface area contributed by atoms with Crippen LogP contribution in [0, 0.1) is 12.3 Å². The summed E-state index contributed by atoms with van der Waals surface area (Å²) in [6.45, 7) is 0.343. The van der Waals surface area contributed by atoms with Gasteiger partial charge in [0.1, 0.15) is 5.01 Å². The molecule has 0 aliphatic carbocycles. The Kier molecular flexibility index (Phi) is 5.55. The maximum Gasteiger partial charge on any atom is 0.240 e. The number of nitrogens with zero attached hydrogens (tertiary/aromatic N) is 2. The molecule has 21 heavy (non-hydrogen) atoms. The van der Waals surface area contributed by atoms with E-state index < -0.39 is 0 Å². The smallest absolute Gasteiger partial charge is 0.240 e. The van der Waals surface area contributed by atoms with Gasteiger partial charge < -0.3 is 10.6 Å². The van der Waals surface area contributed by atoms with Gasteiger partial charge in [-0.1, -0.05) is 41.0 Å². The first-order chi connectivity index (χ1) is 10.2. The maximum atomic E-state index is 11.4. The van der Waals surface area contributed by atoms with Crippen LogP contribution in [0.4, 0.5) is 5.13 Å². The molecule has 0 atom stereocenters. The second-order valence-electron chi connectivity index (χ2n) is 4.14. The largest absolute Gasteiger partial charge is 0.351 e. The summed E-state index contributed by atoms with van der Waals surface area (Å²) >= 11 is 7.25. The van der Waals surface area contributed by atoms with Gasteiger partial charge in [0.2, 0.25) is 11.0 Å². The lowest BCUT2D eigenvalue weighted by molar-refractivity contribution is -0.119. The predicted molar refractivity (Wildman–Crippen MR) is 84.5 cm³/mol. The number of terminal acetylenes is 1. The van der Waals surface area contributed by atoms with Crippen molar-refractivity contribution in [2.24, 2.45) is 0 Å². The van der Waals surface area contributed by atoms with Gasteiger partial charge in [-0.3, -0.25) is 4.79 Å². The molecule has 2 N–H and O–H groups in total. The van der Waals surface area contributed by atoms with Crippen molar-refractivity contribution in [2.45, 2.75) is 6.42 Å². The summed E-state index contributed by atoms with van der Waals surface area (Å²) in [4.78, 5) is 11.4. The Morgan fingerprint density at radius 1 is 1.33 bits per heavy atom. The molecule has 1 heterocycles. The minimum absolute atomic E-state index is 0.122. The zero-order chi connectivity index (χ0) is 15.1. The molecule has 5 nitrogen and oxygen atoms in total. The van der Waals surface area contributed by atoms with E-state index in [9.17, 15) is 4.79 Å². The van der Waals surface area contributed by atoms with E-state index in [0.717, 1.165) is 10.6 Å². The number of anilines is 1. The average molecular weight is 321 g/mol. The maximum absolute atomic E-state index is 11.4. The fourth-order valence-corrected chi connectivity index (χ4v) is 2.44. The quantitative estimate of drug-likeness (QED) is 0.798. The topological polar surface area (TPSA) is 66.9 Å². The predicted octanol–water partition coefficient (Wildman–Crippen LogP) is 1.94. The molecule has 1 aromatic carbocycles. The molecule has 2 rings (SSSR count). The normalized spacial score (nSPS) is 9.90. The molecule has 0 saturated carbocycles. The highest BCUT2D eigenvalue weighted by molar-refractivity contribution is 7.15. The zero-order valence-corrected chi connectivity index (χ0v) is 12.7. The molecule has 108 valence electrons. The molecule has 1 amide bonds. The van der Waals surface area contributed by atoms with E-state index in [0.29, 0.717) is 16.6 Å². The van der Waals surface area contributed by atoms with Gasteiger partial charge in [-0.25, -0.2) is 0 Å². The number of halogens is 1. The highest BCUT2D eigenvalue weighted by atomic mass is 35.5. The monoisotopic (exact) mass is 320 g/mol. The first-order valence-electron chi connectivity index (χ1n) is 6.18. The van der Waals surface area contributed by atoms with Crippen molar-refractivity contribution in [3.8, 4) is 12.3 Å². The standard InChI is InChI=1S/C14H13ClN4OS/c1-2-7-16-12(20)9-17-14-19-18-13(21-14)8-10-3-5-11(15)6-4-10/h1,3-6H,7-9H2,(H,16,20)(H,17,19). The van der Waals surface area contributed by atoms with Gasteiger partial charge in [0.05, 0.1) is 13.1 Å². The lowest BCUT2D eigenvalue weighted by Crippen LogP contribution is -2.29. The molecular formula is C14H13ClN4OS. The minimum Gasteiger partial charge on any atom is -0.351 e. The summed E-state index contributed by atoms with van der Waals surface area (Å²) in [5.74, 6) is 2.16. The number of rotatable bonds is 6. The fourth-order valence-electron chi connectivity index (χ4n) is 1.54. The Balaban J connectivity index is 1.85. The van der Waals surface area contributed by atoms with Crippen molar-refractivity contribution < 1.29 is 4.79 Å². The molecule has 0 bridgehead atoms. The minimum atomic E-state index is -0.178. The summed E-state index contributed by atoms with van der Waals surface area (Å²) in [6, 6.07) is 7.58. The van der Waals surface area contributed by atoms with E-state index in [1.807, 2.05) is 24.3 Å². The van der Waals surface area contributed by atoms with Crippen LogP contribution in [0.15, 0.2) is 24.3 Å². The number of amides is 1. The second-order valence-corrected chi connectivity index (χ2v) is 5.64. The first-order valence-corrected chi connectivity index (χ1v) is 7.37. The van der Waals surface area contributed by atoms with Gasteiger partial charge in [-0.15, -0.1) is 16.6 Å². The highest BCUT2D eigenvalue weighted by Crippen LogP contribution is 2.19. The molecule has 0 saturated heterocycles. The van der Waals surface area contributed by atoms with Gasteiger partial charge in [-0.2, -0.15) is 0 Å². The SMILES string of the molecule is C#CCNC(=O)CNc1nnc(Cc2ccc(Cl)cc2)s1. The summed E-state index contributed by atoms with van der Waals surface area (Å²) in [6.07, 6.45) is 5.74. The number of hydrogen-bond acceptors (Lipinski definition) is 5. The first kappa shape index (κ1) is 15.3. The van der Waals surface area contributed by atoms with Gasteiger partial charge >= 0.3 is 0 Å². The van der Waals surface area contributed by atoms with Crippen LogP contribution in [0.3, 0.4) is 0 Å². The van der Waals surface area contributed by atoms with Crippen molar-refractivity contribution in [2.75, 3.05) is 18.4 Å². The number of aromatic nitrogens is 2. The Hall–Kier alpha value is -2.10. The van der Waals surface area contributed by atoms with Crippen molar-refractivity contribution in [1.82, 2.24) is 15.5 Å². The third kappa shape index (κ3) is 5.06. The summed E-state index contributed by atoms with van der Waals surface area (Å²) < 4.78 is 0. The van der Waals surface area contributed by atoms with Crippen LogP contribution in [0.25, 0.3) is 0 Å². The van der Waals surface area contributed by atoms with Crippen LogP contribution in [-0.4, -0.2) is 29.2 Å². The number of carbonyl (C=O) groups excluding carboxylic acids is 1. The Bertz CT molecular complexity index is 648. The molecule has 0 unspecified atom stereocenters. The molecule has 0 aliphatic heterocycles. The highest BCUT2D eigenvalue weighted by Gasteiger charge is 2.06. The Labute approximate surface area is 131 Å². The summed E-state index contributed by atoms with van der Waals surface area (Å²) in [5.41, 5.74) is 1.11. The van der Waals surface area contributed by atoms with E-state index >= 15 is 0 Å². The van der Waals surface area contributed by atoms with Crippen LogP contribution < -0.4 is 10.6 Å². The van der Waals surface area contributed by atoms with Crippen LogP contribution in [0.2, 0.25) is 5.02 Å². The van der Waals surface area contributed by atoms with E-state index in [2.05, 4.69) is 26.8 Å². The van der Waals surface area contributed by atoms with Crippen LogP contribution in [0.5, 0.6) is 0 Å². The fraction of sp³-hybridized carbons (Fsp3) is 0.214. The Morgan fingerprint density at radius 2 is 2.10 bits per heavy atom. The van der Waals surface area contributed by atoms with Crippen LogP contribution in [-0.2, 0) is 11.2 Å². The molecule has 0 spiro atoms. The second kappa shape index (κ2) is 7.62. The van der Waals surface area contributed by atoms with E-state index in [1.165, 1.54) is 11.3 Å². The number of carbonyl (C=O) groups is 1. The third-order valence-electron chi connectivity index (χ3n) is 2.52. The van der Waals surface area contributed by atoms with Crippen LogP contribution >= 0.6 is 22.9 Å². The molecule has 0 aliphatic rings. The number of benzene rings is 1. The van der Waals surface area contributed by atoms with Crippen molar-refractivity contribution in [3.05, 3.63) is 39.9 Å². The molecule has 0 radical (unpaired) electrons. The lowest BCUT2D eigenvalue weighted by atomic mass is 10.2. The van der Waals surface area contributed by atoms with Gasteiger partial charge in [0.15, 0.2) is 0 Å². The number of nitrogens with one attached hydrogen (secondary N) is 2. The zero-order valence-electron chi connectivity index (χ0n) is 11.1. The van der Waals surface area contributed by atoms with Crippen molar-refractivity contribution in [3.63, 3.8) is 0 Å². The van der Waals surface area contributed by atoms with Crippen LogP contribution in [0.1, 0.15) is 10.6 Å². The molecular weight excluding hydrogens is 308 g/mol. The molecule has 7 heteroatoms. The molecule has 1 aromatic heterocycles. The third-order valence-corrected chi connectivity index (χ3v) is 3.66. The summed E-state index contributed by atoms with van der Waals surface area (Å²) in [5, 5.41) is 15.7. The van der Waals surface area contributed by atoms with Gasteiger partial charge in [0, 0.05) is 11.4 Å². The molecule has 0 fully saturated rings. The van der Waals surface area contributed by atoms with E-state index in [4.69, 9.17) is 18.0 Å². The van der Waals surface area contributed by atoms with E-state index in [1.54, 1.807) is 0 Å². The van der Waals surface area contributed by atoms with Gasteiger partial charge in [-0.05, 0) is 17.7 Å². The Morgan fingerprint density at radius 3 is 2.81 bits per heavy atom. The van der Waals surface area contributed by atoms with Crippen molar-refractivity contribution in [1.29, 1.82) is 0 Å². The number of hydrogen-bond donors (Lipinski definition) is 2. The van der Waals surface area contributed by atoms with Crippen molar-refractivity contribution >= 4 is 34.0 Å².